The number of rotatable bonds is 2. The third-order valence-electron chi connectivity index (χ3n) is 2.58. The molecule has 10 heavy (non-hydrogen) atoms. The molecule has 0 aromatic heterocycles. The summed E-state index contributed by atoms with van der Waals surface area (Å²) in [4.78, 5) is 0. The van der Waals surface area contributed by atoms with Gasteiger partial charge in [0.1, 0.15) is 0 Å². The van der Waals surface area contributed by atoms with Crippen molar-refractivity contribution in [3.05, 3.63) is 0 Å². The van der Waals surface area contributed by atoms with Crippen LogP contribution in [0, 0.1) is 11.8 Å². The summed E-state index contributed by atoms with van der Waals surface area (Å²) in [6.07, 6.45) is 4.12. The van der Waals surface area contributed by atoms with Crippen LogP contribution in [0.4, 0.5) is 0 Å². The Kier molecular flexibility index (Phi) is 1.66. The van der Waals surface area contributed by atoms with Gasteiger partial charge < -0.3 is 9.84 Å². The molecule has 0 amide bonds. The zero-order valence-corrected chi connectivity index (χ0v) is 6.12. The Hall–Kier alpha value is -0.0800. The molecule has 1 aliphatic heterocycles. The van der Waals surface area contributed by atoms with E-state index in [-0.39, 0.29) is 0 Å². The number of hydrogen-bond acceptors (Lipinski definition) is 2. The van der Waals surface area contributed by atoms with Crippen LogP contribution in [-0.4, -0.2) is 24.4 Å². The van der Waals surface area contributed by atoms with E-state index in [1.54, 1.807) is 0 Å². The quantitative estimate of drug-likeness (QED) is 0.617. The van der Waals surface area contributed by atoms with Crippen LogP contribution in [-0.2, 0) is 4.74 Å². The van der Waals surface area contributed by atoms with E-state index in [1.165, 1.54) is 12.8 Å². The number of aliphatic hydroxyl groups excluding tert-OH is 1. The molecule has 0 radical (unpaired) electrons. The molecule has 1 saturated carbocycles. The van der Waals surface area contributed by atoms with Crippen molar-refractivity contribution in [2.75, 3.05) is 13.2 Å². The van der Waals surface area contributed by atoms with Crippen molar-refractivity contribution in [2.24, 2.45) is 11.8 Å². The maximum atomic E-state index is 8.93. The van der Waals surface area contributed by atoms with Gasteiger partial charge in [0.2, 0.25) is 0 Å². The first kappa shape index (κ1) is 6.62. The summed E-state index contributed by atoms with van der Waals surface area (Å²) in [5, 5.41) is 8.93. The largest absolute Gasteiger partial charge is 0.396 e. The van der Waals surface area contributed by atoms with E-state index < -0.39 is 0 Å². The molecule has 2 nitrogen and oxygen atoms in total. The summed E-state index contributed by atoms with van der Waals surface area (Å²) in [6.45, 7) is 1.19. The van der Waals surface area contributed by atoms with Gasteiger partial charge in [-0.2, -0.15) is 0 Å². The Balaban J connectivity index is 1.91. The zero-order valence-electron chi connectivity index (χ0n) is 6.12. The minimum Gasteiger partial charge on any atom is -0.396 e. The van der Waals surface area contributed by atoms with E-state index in [2.05, 4.69) is 0 Å². The Labute approximate surface area is 61.2 Å². The Morgan fingerprint density at radius 2 is 2.10 bits per heavy atom. The van der Waals surface area contributed by atoms with Crippen LogP contribution in [0.2, 0.25) is 0 Å². The predicted molar refractivity (Wildman–Crippen MR) is 37.7 cm³/mol. The van der Waals surface area contributed by atoms with Crippen LogP contribution < -0.4 is 0 Å². The molecular formula is C8H14O2. The molecule has 1 N–H and O–H groups in total. The van der Waals surface area contributed by atoms with Crippen molar-refractivity contribution in [3.8, 4) is 0 Å². The Morgan fingerprint density at radius 3 is 2.70 bits per heavy atom. The van der Waals surface area contributed by atoms with E-state index >= 15 is 0 Å². The molecule has 1 saturated heterocycles. The lowest BCUT2D eigenvalue weighted by Crippen LogP contribution is -2.21. The van der Waals surface area contributed by atoms with Crippen LogP contribution in [0.15, 0.2) is 0 Å². The van der Waals surface area contributed by atoms with E-state index in [4.69, 9.17) is 9.84 Å². The van der Waals surface area contributed by atoms with Crippen molar-refractivity contribution in [1.29, 1.82) is 0 Å². The summed E-state index contributed by atoms with van der Waals surface area (Å²) in [5.74, 6) is 1.24. The molecule has 0 aromatic carbocycles. The second kappa shape index (κ2) is 2.51. The molecule has 2 aliphatic rings. The average Bonchev–Trinajstić information content (AvgIpc) is 2.69. The lowest BCUT2D eigenvalue weighted by Gasteiger charge is -2.14. The molecule has 2 atom stereocenters. The van der Waals surface area contributed by atoms with Gasteiger partial charge in [-0.25, -0.2) is 0 Å². The zero-order chi connectivity index (χ0) is 6.97. The van der Waals surface area contributed by atoms with E-state index in [1.807, 2.05) is 0 Å². The van der Waals surface area contributed by atoms with Gasteiger partial charge >= 0.3 is 0 Å². The minimum atomic E-state index is 0.321. The van der Waals surface area contributed by atoms with Crippen LogP contribution in [0.3, 0.4) is 0 Å². The minimum absolute atomic E-state index is 0.321. The molecule has 1 heterocycles. The van der Waals surface area contributed by atoms with Gasteiger partial charge in [0, 0.05) is 19.1 Å². The van der Waals surface area contributed by atoms with Gasteiger partial charge in [0.15, 0.2) is 0 Å². The fourth-order valence-corrected chi connectivity index (χ4v) is 1.80. The van der Waals surface area contributed by atoms with Gasteiger partial charge in [0.05, 0.1) is 6.10 Å². The summed E-state index contributed by atoms with van der Waals surface area (Å²) >= 11 is 0. The van der Waals surface area contributed by atoms with Crippen LogP contribution in [0.1, 0.15) is 19.3 Å². The van der Waals surface area contributed by atoms with Crippen molar-refractivity contribution < 1.29 is 9.84 Å². The topological polar surface area (TPSA) is 29.5 Å². The SMILES string of the molecule is OC[C@H]1CCO[C@@H]1C1CC1. The third-order valence-corrected chi connectivity index (χ3v) is 2.58. The third kappa shape index (κ3) is 1.06. The maximum absolute atomic E-state index is 8.93. The van der Waals surface area contributed by atoms with Crippen molar-refractivity contribution in [1.82, 2.24) is 0 Å². The number of ether oxygens (including phenoxy) is 1. The highest BCUT2D eigenvalue weighted by atomic mass is 16.5. The summed E-state index contributed by atoms with van der Waals surface area (Å²) < 4.78 is 5.52. The molecule has 0 aromatic rings. The fourth-order valence-electron chi connectivity index (χ4n) is 1.80. The van der Waals surface area contributed by atoms with Crippen LogP contribution >= 0.6 is 0 Å². The van der Waals surface area contributed by atoms with E-state index in [0.29, 0.717) is 18.6 Å². The second-order valence-corrected chi connectivity index (χ2v) is 3.40. The summed E-state index contributed by atoms with van der Waals surface area (Å²) in [7, 11) is 0. The normalized spacial score (nSPS) is 40.5. The average molecular weight is 142 g/mol. The highest BCUT2D eigenvalue weighted by molar-refractivity contribution is 4.89. The summed E-state index contributed by atoms with van der Waals surface area (Å²) in [5.41, 5.74) is 0. The highest BCUT2D eigenvalue weighted by Gasteiger charge is 2.39. The van der Waals surface area contributed by atoms with Gasteiger partial charge in [-0.3, -0.25) is 0 Å². The van der Waals surface area contributed by atoms with Crippen molar-refractivity contribution >= 4 is 0 Å². The lowest BCUT2D eigenvalue weighted by molar-refractivity contribution is 0.0560. The first-order valence-electron chi connectivity index (χ1n) is 4.14. The standard InChI is InChI=1S/C8H14O2/c9-5-7-3-4-10-8(7)6-1-2-6/h6-9H,1-5H2/t7-,8-/m1/s1. The van der Waals surface area contributed by atoms with Crippen LogP contribution in [0.25, 0.3) is 0 Å². The number of hydrogen-bond donors (Lipinski definition) is 1. The molecule has 2 heteroatoms. The Bertz CT molecular complexity index is 120. The van der Waals surface area contributed by atoms with E-state index in [0.717, 1.165) is 18.9 Å². The molecule has 0 bridgehead atoms. The first-order chi connectivity index (χ1) is 4.92. The van der Waals surface area contributed by atoms with Gasteiger partial charge in [-0.15, -0.1) is 0 Å². The lowest BCUT2D eigenvalue weighted by atomic mass is 9.99. The second-order valence-electron chi connectivity index (χ2n) is 3.40. The monoisotopic (exact) mass is 142 g/mol. The molecule has 2 rings (SSSR count). The molecule has 2 fully saturated rings. The predicted octanol–water partition coefficient (Wildman–Crippen LogP) is 0.794. The fraction of sp³-hybridized carbons (Fsp3) is 1.00. The molecule has 58 valence electrons. The first-order valence-corrected chi connectivity index (χ1v) is 4.14. The van der Waals surface area contributed by atoms with Crippen LogP contribution in [0.5, 0.6) is 0 Å². The Morgan fingerprint density at radius 1 is 1.30 bits per heavy atom. The van der Waals surface area contributed by atoms with Crippen molar-refractivity contribution in [3.63, 3.8) is 0 Å². The van der Waals surface area contributed by atoms with Gasteiger partial charge in [-0.1, -0.05) is 0 Å². The molecule has 0 spiro atoms. The van der Waals surface area contributed by atoms with Crippen molar-refractivity contribution in [2.45, 2.75) is 25.4 Å². The molecular weight excluding hydrogens is 128 g/mol. The smallest absolute Gasteiger partial charge is 0.0654 e. The van der Waals surface area contributed by atoms with Gasteiger partial charge in [-0.05, 0) is 25.2 Å². The molecule has 0 unspecified atom stereocenters. The maximum Gasteiger partial charge on any atom is 0.0654 e. The van der Waals surface area contributed by atoms with Gasteiger partial charge in [0.25, 0.3) is 0 Å². The highest BCUT2D eigenvalue weighted by Crippen LogP contribution is 2.41. The van der Waals surface area contributed by atoms with E-state index in [9.17, 15) is 0 Å². The number of aliphatic hydroxyl groups is 1. The summed E-state index contributed by atoms with van der Waals surface area (Å²) in [6, 6.07) is 0. The molecule has 1 aliphatic carbocycles.